The van der Waals surface area contributed by atoms with Crippen molar-refractivity contribution in [1.82, 2.24) is 0 Å². The number of benzene rings is 2. The number of hydrogen-bond acceptors (Lipinski definition) is 5. The summed E-state index contributed by atoms with van der Waals surface area (Å²) in [5.74, 6) is 0.636. The van der Waals surface area contributed by atoms with Crippen LogP contribution in [0.1, 0.15) is 27.6 Å². The molecule has 1 aliphatic heterocycles. The van der Waals surface area contributed by atoms with Crippen LogP contribution in [-0.2, 0) is 11.2 Å². The Morgan fingerprint density at radius 3 is 2.64 bits per heavy atom. The van der Waals surface area contributed by atoms with Crippen LogP contribution in [0.25, 0.3) is 0 Å². The molecule has 1 heterocycles. The number of phenolic OH excluding ortho intramolecular Hbond substituents is 1. The maximum Gasteiger partial charge on any atom is 0.342 e. The molecule has 0 radical (unpaired) electrons. The molecule has 0 saturated heterocycles. The number of fused-ring (bicyclic) bond motifs is 1. The van der Waals surface area contributed by atoms with Crippen LogP contribution in [0, 0.1) is 0 Å². The topological polar surface area (TPSA) is 65.0 Å². The number of esters is 1. The van der Waals surface area contributed by atoms with Crippen LogP contribution in [-0.4, -0.2) is 25.3 Å². The summed E-state index contributed by atoms with van der Waals surface area (Å²) < 4.78 is 15.9. The van der Waals surface area contributed by atoms with E-state index >= 15 is 0 Å². The number of aromatic hydroxyl groups is 1. The third-order valence-electron chi connectivity index (χ3n) is 3.77. The summed E-state index contributed by atoms with van der Waals surface area (Å²) in [5, 5.41) is 9.80. The van der Waals surface area contributed by atoms with Gasteiger partial charge in [-0.25, -0.2) is 4.79 Å². The molecule has 0 aromatic heterocycles. The van der Waals surface area contributed by atoms with Crippen LogP contribution in [0.5, 0.6) is 17.2 Å². The summed E-state index contributed by atoms with van der Waals surface area (Å²) in [4.78, 5) is 12.1. The van der Waals surface area contributed by atoms with Crippen molar-refractivity contribution >= 4 is 5.97 Å². The highest BCUT2D eigenvalue weighted by atomic mass is 16.5. The van der Waals surface area contributed by atoms with Crippen LogP contribution >= 0.6 is 0 Å². The zero-order chi connectivity index (χ0) is 15.7. The van der Waals surface area contributed by atoms with Gasteiger partial charge < -0.3 is 19.3 Å². The number of carbonyl (C=O) groups excluding carboxylic acids is 1. The molecule has 1 aliphatic rings. The normalized spacial score (nSPS) is 16.6. The fraction of sp³-hybridized carbons (Fsp3) is 0.235. The number of rotatable bonds is 3. The second-order valence-electron chi connectivity index (χ2n) is 5.02. The maximum absolute atomic E-state index is 12.1. The zero-order valence-corrected chi connectivity index (χ0v) is 12.3. The van der Waals surface area contributed by atoms with Crippen molar-refractivity contribution in [3.63, 3.8) is 0 Å². The monoisotopic (exact) mass is 300 g/mol. The molecule has 3 rings (SSSR count). The third kappa shape index (κ3) is 2.35. The molecule has 0 unspecified atom stereocenters. The van der Waals surface area contributed by atoms with E-state index in [4.69, 9.17) is 14.2 Å². The van der Waals surface area contributed by atoms with Gasteiger partial charge >= 0.3 is 5.97 Å². The molecule has 1 atom stereocenters. The molecule has 5 heteroatoms. The summed E-state index contributed by atoms with van der Waals surface area (Å²) in [6.45, 7) is 0. The van der Waals surface area contributed by atoms with E-state index in [1.165, 1.54) is 6.07 Å². The van der Waals surface area contributed by atoms with Gasteiger partial charge in [0.05, 0.1) is 14.2 Å². The highest BCUT2D eigenvalue weighted by molar-refractivity contribution is 5.95. The fourth-order valence-electron chi connectivity index (χ4n) is 2.66. The van der Waals surface area contributed by atoms with Crippen LogP contribution in [0.15, 0.2) is 36.4 Å². The van der Waals surface area contributed by atoms with E-state index in [9.17, 15) is 9.90 Å². The lowest BCUT2D eigenvalue weighted by molar-refractivity contribution is 0.0248. The van der Waals surface area contributed by atoms with Gasteiger partial charge in [0.1, 0.15) is 17.4 Å². The Kier molecular flexibility index (Phi) is 3.63. The van der Waals surface area contributed by atoms with Crippen molar-refractivity contribution < 1.29 is 24.1 Å². The Bertz CT molecular complexity index is 723. The van der Waals surface area contributed by atoms with Gasteiger partial charge in [-0.1, -0.05) is 18.2 Å². The predicted molar refractivity (Wildman–Crippen MR) is 79.5 cm³/mol. The molecular formula is C17H16O5. The molecule has 0 fully saturated rings. The average Bonchev–Trinajstić information content (AvgIpc) is 2.53. The van der Waals surface area contributed by atoms with E-state index < -0.39 is 12.1 Å². The standard InChI is InChI=1S/C17H16O5/c1-20-13-7-6-10(8-15(13)21-2)14-9-11-4-3-5-12(18)16(11)17(19)22-14/h3-8,14,18H,9H2,1-2H3/t14-/m0/s1. The molecule has 5 nitrogen and oxygen atoms in total. The Hall–Kier alpha value is -2.69. The van der Waals surface area contributed by atoms with Crippen LogP contribution in [0.2, 0.25) is 0 Å². The number of hydrogen-bond donors (Lipinski definition) is 1. The first kappa shape index (κ1) is 14.3. The molecule has 0 aliphatic carbocycles. The van der Waals surface area contributed by atoms with E-state index in [1.54, 1.807) is 32.4 Å². The van der Waals surface area contributed by atoms with Crippen LogP contribution in [0.3, 0.4) is 0 Å². The smallest absolute Gasteiger partial charge is 0.342 e. The Labute approximate surface area is 128 Å². The van der Waals surface area contributed by atoms with Crippen molar-refractivity contribution in [3.05, 3.63) is 53.1 Å². The molecule has 114 valence electrons. The van der Waals surface area contributed by atoms with Gasteiger partial charge in [0.15, 0.2) is 11.5 Å². The molecule has 2 aromatic rings. The summed E-state index contributed by atoms with van der Waals surface area (Å²) in [6.07, 6.45) is 0.0897. The molecule has 0 amide bonds. The first-order chi connectivity index (χ1) is 10.6. The Morgan fingerprint density at radius 1 is 1.14 bits per heavy atom. The van der Waals surface area contributed by atoms with E-state index in [-0.39, 0.29) is 11.3 Å². The van der Waals surface area contributed by atoms with Gasteiger partial charge in [-0.3, -0.25) is 0 Å². The van der Waals surface area contributed by atoms with Gasteiger partial charge in [0.25, 0.3) is 0 Å². The van der Waals surface area contributed by atoms with E-state index in [1.807, 2.05) is 12.1 Å². The Balaban J connectivity index is 1.96. The molecule has 0 saturated carbocycles. The minimum Gasteiger partial charge on any atom is -0.507 e. The highest BCUT2D eigenvalue weighted by Gasteiger charge is 2.30. The van der Waals surface area contributed by atoms with Crippen LogP contribution in [0.4, 0.5) is 0 Å². The lowest BCUT2D eigenvalue weighted by atomic mass is 9.94. The molecular weight excluding hydrogens is 284 g/mol. The third-order valence-corrected chi connectivity index (χ3v) is 3.77. The minimum atomic E-state index is -0.515. The number of phenols is 1. The summed E-state index contributed by atoms with van der Waals surface area (Å²) in [5.41, 5.74) is 1.84. The number of methoxy groups -OCH3 is 2. The van der Waals surface area contributed by atoms with Crippen molar-refractivity contribution in [2.24, 2.45) is 0 Å². The van der Waals surface area contributed by atoms with Gasteiger partial charge in [0.2, 0.25) is 0 Å². The first-order valence-corrected chi connectivity index (χ1v) is 6.87. The van der Waals surface area contributed by atoms with Gasteiger partial charge in [-0.15, -0.1) is 0 Å². The maximum atomic E-state index is 12.1. The summed E-state index contributed by atoms with van der Waals surface area (Å²) >= 11 is 0. The van der Waals surface area contributed by atoms with E-state index in [0.717, 1.165) is 11.1 Å². The number of ether oxygens (including phenoxy) is 3. The molecule has 1 N–H and O–H groups in total. The Morgan fingerprint density at radius 2 is 1.91 bits per heavy atom. The first-order valence-electron chi connectivity index (χ1n) is 6.87. The second-order valence-corrected chi connectivity index (χ2v) is 5.02. The minimum absolute atomic E-state index is 0.0479. The molecule has 22 heavy (non-hydrogen) atoms. The van der Waals surface area contributed by atoms with Crippen molar-refractivity contribution in [2.75, 3.05) is 14.2 Å². The summed E-state index contributed by atoms with van der Waals surface area (Å²) in [6, 6.07) is 10.4. The number of cyclic esters (lactones) is 1. The second kappa shape index (κ2) is 5.60. The summed E-state index contributed by atoms with van der Waals surface area (Å²) in [7, 11) is 3.12. The van der Waals surface area contributed by atoms with E-state index in [2.05, 4.69) is 0 Å². The van der Waals surface area contributed by atoms with Gasteiger partial charge in [-0.2, -0.15) is 0 Å². The zero-order valence-electron chi connectivity index (χ0n) is 12.3. The average molecular weight is 300 g/mol. The lowest BCUT2D eigenvalue weighted by Gasteiger charge is -2.25. The van der Waals surface area contributed by atoms with Crippen molar-refractivity contribution in [3.8, 4) is 17.2 Å². The predicted octanol–water partition coefficient (Wildman–Crippen LogP) is 2.86. The fourth-order valence-corrected chi connectivity index (χ4v) is 2.66. The van der Waals surface area contributed by atoms with Crippen molar-refractivity contribution in [1.29, 1.82) is 0 Å². The molecule has 0 spiro atoms. The highest BCUT2D eigenvalue weighted by Crippen LogP contribution is 2.37. The van der Waals surface area contributed by atoms with Gasteiger partial charge in [-0.05, 0) is 29.3 Å². The van der Waals surface area contributed by atoms with E-state index in [0.29, 0.717) is 17.9 Å². The van der Waals surface area contributed by atoms with Crippen molar-refractivity contribution in [2.45, 2.75) is 12.5 Å². The molecule has 0 bridgehead atoms. The lowest BCUT2D eigenvalue weighted by Crippen LogP contribution is -2.21. The van der Waals surface area contributed by atoms with Gasteiger partial charge in [0, 0.05) is 6.42 Å². The van der Waals surface area contributed by atoms with Crippen LogP contribution < -0.4 is 9.47 Å². The quantitative estimate of drug-likeness (QED) is 0.883. The molecule has 2 aromatic carbocycles. The number of carbonyl (C=O) groups is 1. The largest absolute Gasteiger partial charge is 0.507 e. The SMILES string of the molecule is COc1ccc([C@@H]2Cc3cccc(O)c3C(=O)O2)cc1OC.